The minimum absolute atomic E-state index is 0.303. The van der Waals surface area contributed by atoms with Gasteiger partial charge in [-0.1, -0.05) is 39.0 Å². The molecular formula is C15H33NO4. The fraction of sp³-hybridized carbons (Fsp3) is 1.00. The van der Waals surface area contributed by atoms with E-state index < -0.39 is 12.2 Å². The molecule has 2 atom stereocenters. The normalized spacial score (nSPS) is 14.4. The van der Waals surface area contributed by atoms with Crippen LogP contribution < -0.4 is 5.32 Å². The van der Waals surface area contributed by atoms with Crippen molar-refractivity contribution in [2.24, 2.45) is 0 Å². The third-order valence-electron chi connectivity index (χ3n) is 3.07. The van der Waals surface area contributed by atoms with Crippen LogP contribution >= 0.6 is 0 Å². The molecule has 0 spiro atoms. The standard InChI is InChI=1S/C15H33NO4/c1-3-4-5-6-7-8-9-20-13-15(18)11-16-10-14(17)12-19-2/h14-18H,3-13H2,1-2H3. The molecule has 0 amide bonds. The molecular weight excluding hydrogens is 258 g/mol. The van der Waals surface area contributed by atoms with E-state index >= 15 is 0 Å². The lowest BCUT2D eigenvalue weighted by Crippen LogP contribution is -2.36. The lowest BCUT2D eigenvalue weighted by Gasteiger charge is -2.14. The van der Waals surface area contributed by atoms with Gasteiger partial charge in [-0.25, -0.2) is 0 Å². The molecule has 0 heterocycles. The van der Waals surface area contributed by atoms with E-state index in [-0.39, 0.29) is 0 Å². The van der Waals surface area contributed by atoms with Gasteiger partial charge in [0.15, 0.2) is 0 Å². The molecule has 0 bridgehead atoms. The molecule has 0 fully saturated rings. The average Bonchev–Trinajstić information content (AvgIpc) is 2.42. The zero-order valence-electron chi connectivity index (χ0n) is 13.1. The summed E-state index contributed by atoms with van der Waals surface area (Å²) in [6.45, 7) is 4.43. The van der Waals surface area contributed by atoms with Crippen molar-refractivity contribution in [2.75, 3.05) is 40.0 Å². The number of hydrogen-bond donors (Lipinski definition) is 3. The summed E-state index contributed by atoms with van der Waals surface area (Å²) in [5.41, 5.74) is 0. The summed E-state index contributed by atoms with van der Waals surface area (Å²) < 4.78 is 10.2. The molecule has 0 aliphatic rings. The highest BCUT2D eigenvalue weighted by molar-refractivity contribution is 4.62. The Kier molecular flexibility index (Phi) is 15.0. The smallest absolute Gasteiger partial charge is 0.0897 e. The molecule has 5 heteroatoms. The van der Waals surface area contributed by atoms with Crippen molar-refractivity contribution >= 4 is 0 Å². The number of hydrogen-bond acceptors (Lipinski definition) is 5. The zero-order valence-corrected chi connectivity index (χ0v) is 13.1. The van der Waals surface area contributed by atoms with Crippen molar-refractivity contribution in [3.63, 3.8) is 0 Å². The van der Waals surface area contributed by atoms with Gasteiger partial charge in [0.05, 0.1) is 25.4 Å². The Morgan fingerprint density at radius 2 is 1.50 bits per heavy atom. The molecule has 0 aliphatic carbocycles. The third kappa shape index (κ3) is 14.2. The van der Waals surface area contributed by atoms with Crippen molar-refractivity contribution in [1.82, 2.24) is 5.32 Å². The number of ether oxygens (including phenoxy) is 2. The van der Waals surface area contributed by atoms with Gasteiger partial charge in [0.25, 0.3) is 0 Å². The molecule has 3 N–H and O–H groups in total. The SMILES string of the molecule is CCCCCCCCOCC(O)CNCC(O)COC. The minimum Gasteiger partial charge on any atom is -0.389 e. The first-order chi connectivity index (χ1) is 9.70. The fourth-order valence-electron chi connectivity index (χ4n) is 1.93. The number of unbranched alkanes of at least 4 members (excludes halogenated alkanes) is 5. The number of nitrogens with one attached hydrogen (secondary N) is 1. The Balaban J connectivity index is 3.22. The second-order valence-corrected chi connectivity index (χ2v) is 5.26. The molecule has 0 aliphatic heterocycles. The minimum atomic E-state index is -0.531. The van der Waals surface area contributed by atoms with Crippen LogP contribution in [-0.2, 0) is 9.47 Å². The van der Waals surface area contributed by atoms with Crippen molar-refractivity contribution in [2.45, 2.75) is 57.7 Å². The molecule has 0 aromatic rings. The largest absolute Gasteiger partial charge is 0.389 e. The molecule has 0 rings (SSSR count). The van der Waals surface area contributed by atoms with Gasteiger partial charge in [0.1, 0.15) is 0 Å². The Morgan fingerprint density at radius 1 is 0.900 bits per heavy atom. The van der Waals surface area contributed by atoms with Crippen LogP contribution in [0.5, 0.6) is 0 Å². The van der Waals surface area contributed by atoms with Crippen LogP contribution in [0.15, 0.2) is 0 Å². The molecule has 5 nitrogen and oxygen atoms in total. The average molecular weight is 291 g/mol. The summed E-state index contributed by atoms with van der Waals surface area (Å²) in [6.07, 6.45) is 6.40. The van der Waals surface area contributed by atoms with Gasteiger partial charge in [-0.2, -0.15) is 0 Å². The van der Waals surface area contributed by atoms with E-state index in [2.05, 4.69) is 12.2 Å². The molecule has 0 aromatic carbocycles. The summed E-state index contributed by atoms with van der Waals surface area (Å²) in [6, 6.07) is 0. The highest BCUT2D eigenvalue weighted by Crippen LogP contribution is 2.04. The van der Waals surface area contributed by atoms with Crippen LogP contribution in [0.2, 0.25) is 0 Å². The van der Waals surface area contributed by atoms with Gasteiger partial charge in [-0.3, -0.25) is 0 Å². The number of aliphatic hydroxyl groups is 2. The summed E-state index contributed by atoms with van der Waals surface area (Å²) in [5, 5.41) is 22.0. The van der Waals surface area contributed by atoms with E-state index in [1.807, 2.05) is 0 Å². The predicted octanol–water partition coefficient (Wildman–Crippen LogP) is 1.32. The lowest BCUT2D eigenvalue weighted by molar-refractivity contribution is 0.0297. The van der Waals surface area contributed by atoms with Crippen LogP contribution in [0.3, 0.4) is 0 Å². The molecule has 0 aromatic heterocycles. The van der Waals surface area contributed by atoms with Gasteiger partial charge in [-0.15, -0.1) is 0 Å². The van der Waals surface area contributed by atoms with Crippen LogP contribution in [-0.4, -0.2) is 62.4 Å². The van der Waals surface area contributed by atoms with Crippen molar-refractivity contribution in [1.29, 1.82) is 0 Å². The van der Waals surface area contributed by atoms with E-state index in [0.717, 1.165) is 13.0 Å². The number of methoxy groups -OCH3 is 1. The second kappa shape index (κ2) is 15.2. The third-order valence-corrected chi connectivity index (χ3v) is 3.07. The number of aliphatic hydroxyl groups excluding tert-OH is 2. The lowest BCUT2D eigenvalue weighted by atomic mass is 10.1. The molecule has 2 unspecified atom stereocenters. The molecule has 0 saturated carbocycles. The van der Waals surface area contributed by atoms with E-state index in [0.29, 0.717) is 26.3 Å². The Morgan fingerprint density at radius 3 is 2.15 bits per heavy atom. The molecule has 0 saturated heterocycles. The highest BCUT2D eigenvalue weighted by atomic mass is 16.5. The van der Waals surface area contributed by atoms with E-state index in [1.165, 1.54) is 32.1 Å². The zero-order chi connectivity index (χ0) is 15.1. The van der Waals surface area contributed by atoms with Crippen LogP contribution in [0, 0.1) is 0 Å². The number of rotatable bonds is 15. The molecule has 20 heavy (non-hydrogen) atoms. The molecule has 122 valence electrons. The van der Waals surface area contributed by atoms with Crippen molar-refractivity contribution in [3.8, 4) is 0 Å². The van der Waals surface area contributed by atoms with Gasteiger partial charge in [-0.05, 0) is 6.42 Å². The topological polar surface area (TPSA) is 71.0 Å². The maximum atomic E-state index is 9.66. The molecule has 0 radical (unpaired) electrons. The van der Waals surface area contributed by atoms with Crippen molar-refractivity contribution in [3.05, 3.63) is 0 Å². The Labute approximate surface area is 123 Å². The van der Waals surface area contributed by atoms with Crippen LogP contribution in [0.4, 0.5) is 0 Å². The van der Waals surface area contributed by atoms with Crippen molar-refractivity contribution < 1.29 is 19.7 Å². The summed E-state index contributed by atoms with van der Waals surface area (Å²) in [4.78, 5) is 0. The van der Waals surface area contributed by atoms with Crippen LogP contribution in [0.1, 0.15) is 45.4 Å². The summed E-state index contributed by atoms with van der Waals surface area (Å²) in [7, 11) is 1.55. The van der Waals surface area contributed by atoms with E-state index in [9.17, 15) is 10.2 Å². The fourth-order valence-corrected chi connectivity index (χ4v) is 1.93. The van der Waals surface area contributed by atoms with Gasteiger partial charge in [0, 0.05) is 26.8 Å². The predicted molar refractivity (Wildman–Crippen MR) is 81.0 cm³/mol. The van der Waals surface area contributed by atoms with Gasteiger partial charge in [0.2, 0.25) is 0 Å². The first-order valence-corrected chi connectivity index (χ1v) is 7.84. The van der Waals surface area contributed by atoms with E-state index in [1.54, 1.807) is 7.11 Å². The summed E-state index contributed by atoms with van der Waals surface area (Å²) >= 11 is 0. The van der Waals surface area contributed by atoms with Gasteiger partial charge >= 0.3 is 0 Å². The maximum absolute atomic E-state index is 9.66. The first kappa shape index (κ1) is 19.8. The monoisotopic (exact) mass is 291 g/mol. The van der Waals surface area contributed by atoms with Gasteiger partial charge < -0.3 is 25.0 Å². The maximum Gasteiger partial charge on any atom is 0.0897 e. The quantitative estimate of drug-likeness (QED) is 0.397. The Bertz CT molecular complexity index is 193. The second-order valence-electron chi connectivity index (χ2n) is 5.26. The first-order valence-electron chi connectivity index (χ1n) is 7.84. The highest BCUT2D eigenvalue weighted by Gasteiger charge is 2.06. The van der Waals surface area contributed by atoms with E-state index in [4.69, 9.17) is 9.47 Å². The summed E-state index contributed by atoms with van der Waals surface area (Å²) in [5.74, 6) is 0. The van der Waals surface area contributed by atoms with Crippen LogP contribution in [0.25, 0.3) is 0 Å². The Hall–Kier alpha value is -0.200.